The number of nitrogens with one attached hydrogen (secondary N) is 1. The molecule has 0 amide bonds. The zero-order valence-corrected chi connectivity index (χ0v) is 35.1. The number of aliphatic carboxylic acids is 1. The van der Waals surface area contributed by atoms with Crippen LogP contribution in [-0.4, -0.2) is 70.4 Å². The molecule has 12 atom stereocenters. The van der Waals surface area contributed by atoms with Crippen LogP contribution in [0.5, 0.6) is 0 Å². The number of nitrogens with zero attached hydrogens (tertiary/aromatic N) is 3. The molecule has 9 nitrogen and oxygen atoms in total. The molecule has 1 aromatic rings. The molecule has 6 aliphatic rings. The fourth-order valence-electron chi connectivity index (χ4n) is 13.5. The van der Waals surface area contributed by atoms with Gasteiger partial charge >= 0.3 is 5.97 Å². The van der Waals surface area contributed by atoms with Gasteiger partial charge in [0.2, 0.25) is 0 Å². The van der Waals surface area contributed by atoms with Crippen molar-refractivity contribution in [1.29, 1.82) is 0 Å². The first-order valence-electron chi connectivity index (χ1n) is 21.2. The number of hydrogen-bond acceptors (Lipinski definition) is 7. The monoisotopic (exact) mass is 736 g/mol. The van der Waals surface area contributed by atoms with Crippen molar-refractivity contribution in [2.75, 3.05) is 32.9 Å². The van der Waals surface area contributed by atoms with Crippen LogP contribution in [0.25, 0.3) is 0 Å². The summed E-state index contributed by atoms with van der Waals surface area (Å²) in [7, 11) is 0. The van der Waals surface area contributed by atoms with E-state index in [2.05, 4.69) is 92.2 Å². The van der Waals surface area contributed by atoms with Crippen molar-refractivity contribution in [2.24, 2.45) is 67.8 Å². The molecule has 1 aromatic heterocycles. The number of allylic oxidation sites excluding steroid dienone is 1. The minimum Gasteiger partial charge on any atom is -0.481 e. The Balaban J connectivity index is 1.39. The Kier molecular flexibility index (Phi) is 9.76. The van der Waals surface area contributed by atoms with Gasteiger partial charge in [0.05, 0.1) is 37.9 Å². The summed E-state index contributed by atoms with van der Waals surface area (Å²) < 4.78 is 16.6. The van der Waals surface area contributed by atoms with E-state index in [0.717, 1.165) is 76.9 Å². The Morgan fingerprint density at radius 3 is 2.40 bits per heavy atom. The average Bonchev–Trinajstić information content (AvgIpc) is 3.57. The predicted octanol–water partition coefficient (Wildman–Crippen LogP) is 8.02. The number of aromatic nitrogens is 3. The maximum Gasteiger partial charge on any atom is 0.307 e. The summed E-state index contributed by atoms with van der Waals surface area (Å²) in [4.78, 5) is 18.6. The molecule has 2 saturated heterocycles. The summed E-state index contributed by atoms with van der Waals surface area (Å²) in [6.45, 7) is 28.9. The summed E-state index contributed by atoms with van der Waals surface area (Å²) in [5.41, 5.74) is 6.62. The van der Waals surface area contributed by atoms with E-state index >= 15 is 0 Å². The van der Waals surface area contributed by atoms with Gasteiger partial charge in [-0.2, -0.15) is 5.10 Å². The van der Waals surface area contributed by atoms with E-state index in [1.54, 1.807) is 6.33 Å². The van der Waals surface area contributed by atoms with Crippen LogP contribution >= 0.6 is 0 Å². The van der Waals surface area contributed by atoms with Gasteiger partial charge in [-0.25, -0.2) is 9.67 Å². The summed E-state index contributed by atoms with van der Waals surface area (Å²) in [5, 5.41) is 19.8. The Morgan fingerprint density at radius 1 is 1.06 bits per heavy atom. The number of fused-ring (bicyclic) bond motifs is 3. The van der Waals surface area contributed by atoms with Crippen molar-refractivity contribution in [1.82, 2.24) is 20.1 Å². The fourth-order valence-corrected chi connectivity index (χ4v) is 13.5. The topological polar surface area (TPSA) is 125 Å². The van der Waals surface area contributed by atoms with Crippen molar-refractivity contribution in [2.45, 2.75) is 151 Å². The average molecular weight is 736 g/mol. The minimum absolute atomic E-state index is 0.0163. The lowest BCUT2D eigenvalue weighted by molar-refractivity contribution is -0.255. The molecule has 3 saturated carbocycles. The van der Waals surface area contributed by atoms with Crippen molar-refractivity contribution >= 4 is 5.97 Å². The van der Waals surface area contributed by atoms with Gasteiger partial charge in [-0.05, 0) is 122 Å². The van der Waals surface area contributed by atoms with Crippen molar-refractivity contribution in [3.63, 3.8) is 0 Å². The smallest absolute Gasteiger partial charge is 0.307 e. The van der Waals surface area contributed by atoms with Gasteiger partial charge in [-0.15, -0.1) is 0 Å². The van der Waals surface area contributed by atoms with E-state index in [-0.39, 0.29) is 50.6 Å². The Bertz CT molecular complexity index is 1570. The molecule has 3 heterocycles. The van der Waals surface area contributed by atoms with Gasteiger partial charge in [-0.3, -0.25) is 4.79 Å². The van der Waals surface area contributed by atoms with E-state index in [0.29, 0.717) is 36.9 Å². The summed E-state index contributed by atoms with van der Waals surface area (Å²) in [5.74, 6) is 1.76. The molecule has 0 radical (unpaired) electrons. The highest BCUT2D eigenvalue weighted by Crippen LogP contribution is 2.75. The maximum absolute atomic E-state index is 13.7. The maximum atomic E-state index is 13.7. The molecule has 5 fully saturated rings. The molecule has 4 aliphatic carbocycles. The SMILES string of the molecule is CC(C)[C@@H](C)[C@@]1(C)CC[C@]2(C)[C@H]3CC[C@@H]4[C@@]5(C)COC[C@@]4(C3=CC[C@@]2(C)[C@@H]1C(=O)O)[C@@H](OC[C@](C)(N)C(C)(C)C)[C@H](n1ncnc1C1CCNCC1)C5. The zero-order valence-electron chi connectivity index (χ0n) is 35.1. The lowest BCUT2D eigenvalue weighted by Gasteiger charge is -2.71. The lowest BCUT2D eigenvalue weighted by Crippen LogP contribution is -2.70. The van der Waals surface area contributed by atoms with Gasteiger partial charge in [-0.1, -0.05) is 80.9 Å². The number of hydrogen-bond donors (Lipinski definition) is 3. The van der Waals surface area contributed by atoms with Crippen molar-refractivity contribution < 1.29 is 19.4 Å². The van der Waals surface area contributed by atoms with Gasteiger partial charge in [0.15, 0.2) is 0 Å². The normalized spacial score (nSPS) is 43.6. The molecule has 53 heavy (non-hydrogen) atoms. The van der Waals surface area contributed by atoms with E-state index in [4.69, 9.17) is 25.3 Å². The third-order valence-corrected chi connectivity index (χ3v) is 17.9. The molecule has 4 N–H and O–H groups in total. The van der Waals surface area contributed by atoms with Crippen LogP contribution in [0.4, 0.5) is 0 Å². The quantitative estimate of drug-likeness (QED) is 0.230. The highest BCUT2D eigenvalue weighted by molar-refractivity contribution is 5.73. The zero-order chi connectivity index (χ0) is 38.6. The molecule has 2 aliphatic heterocycles. The minimum atomic E-state index is -0.620. The third-order valence-electron chi connectivity index (χ3n) is 17.9. The first kappa shape index (κ1) is 39.4. The van der Waals surface area contributed by atoms with Crippen molar-refractivity contribution in [3.8, 4) is 0 Å². The van der Waals surface area contributed by atoms with Gasteiger partial charge in [0.25, 0.3) is 0 Å². The number of ether oxygens (including phenoxy) is 2. The van der Waals surface area contributed by atoms with Crippen LogP contribution in [0, 0.1) is 62.1 Å². The molecule has 9 heteroatoms. The van der Waals surface area contributed by atoms with Gasteiger partial charge in [0, 0.05) is 16.9 Å². The third kappa shape index (κ3) is 5.68. The van der Waals surface area contributed by atoms with E-state index < -0.39 is 17.4 Å². The first-order valence-corrected chi connectivity index (χ1v) is 21.2. The van der Waals surface area contributed by atoms with Crippen LogP contribution in [0.15, 0.2) is 18.0 Å². The molecule has 0 aromatic carbocycles. The van der Waals surface area contributed by atoms with Crippen molar-refractivity contribution in [3.05, 3.63) is 23.8 Å². The van der Waals surface area contributed by atoms with E-state index in [1.807, 2.05) is 0 Å². The number of carboxylic acid groups (broad SMARTS) is 1. The van der Waals surface area contributed by atoms with Gasteiger partial charge < -0.3 is 25.6 Å². The number of rotatable bonds is 8. The summed E-state index contributed by atoms with van der Waals surface area (Å²) >= 11 is 0. The number of carboxylic acids is 1. The Labute approximate surface area is 320 Å². The molecule has 298 valence electrons. The summed E-state index contributed by atoms with van der Waals surface area (Å²) in [6.07, 6.45) is 12.0. The first-order chi connectivity index (χ1) is 24.7. The Morgan fingerprint density at radius 2 is 1.75 bits per heavy atom. The second-order valence-electron chi connectivity index (χ2n) is 21.6. The molecule has 0 spiro atoms. The van der Waals surface area contributed by atoms with Gasteiger partial charge in [0.1, 0.15) is 12.2 Å². The summed E-state index contributed by atoms with van der Waals surface area (Å²) in [6, 6.07) is -0.0163. The molecular formula is C44H73N5O4. The lowest BCUT2D eigenvalue weighted by atomic mass is 9.34. The van der Waals surface area contributed by atoms with Crippen LogP contribution in [0.3, 0.4) is 0 Å². The second-order valence-corrected chi connectivity index (χ2v) is 21.6. The van der Waals surface area contributed by atoms with Crippen LogP contribution in [-0.2, 0) is 14.3 Å². The second kappa shape index (κ2) is 13.1. The predicted molar refractivity (Wildman–Crippen MR) is 209 cm³/mol. The largest absolute Gasteiger partial charge is 0.481 e. The number of nitrogens with two attached hydrogens (primary N) is 1. The van der Waals surface area contributed by atoms with Crippen LogP contribution in [0.1, 0.15) is 145 Å². The molecule has 0 unspecified atom stereocenters. The number of piperidine rings is 1. The standard InChI is InChI=1S/C44H73N5O4/c1-27(2)28(3)40(8)18-19-41(9)30-12-13-33-39(7)22-32(49-36(47-26-48-49)29-15-20-46-21-16-29)35(53-24-43(11,45)38(4,5)6)44(33,25-52-23-39)31(30)14-17-42(41,10)34(40)37(50)51/h14,26-30,32-35,46H,12-13,15-25,45H2,1-11H3,(H,50,51)/t28-,30+,32-,33-,34-,35+,39-,40-,41-,42+,43+,44+/m1/s1. The Hall–Kier alpha value is -1.81. The van der Waals surface area contributed by atoms with Crippen LogP contribution < -0.4 is 11.1 Å². The molecule has 2 bridgehead atoms. The highest BCUT2D eigenvalue weighted by atomic mass is 16.5. The van der Waals surface area contributed by atoms with E-state index in [9.17, 15) is 9.90 Å². The van der Waals surface area contributed by atoms with Crippen LogP contribution in [0.2, 0.25) is 0 Å². The molecular weight excluding hydrogens is 663 g/mol. The number of carbonyl (C=O) groups is 1. The highest BCUT2D eigenvalue weighted by Gasteiger charge is 2.73. The fraction of sp³-hybridized carbons (Fsp3) is 0.886. The van der Waals surface area contributed by atoms with E-state index in [1.165, 1.54) is 5.57 Å². The molecule has 7 rings (SSSR count).